The molecule has 7 heteroatoms. The van der Waals surface area contributed by atoms with Gasteiger partial charge in [0.05, 0.1) is 24.9 Å². The van der Waals surface area contributed by atoms with E-state index in [0.29, 0.717) is 5.69 Å². The Kier molecular flexibility index (Phi) is 3.84. The number of hydrogen-bond acceptors (Lipinski definition) is 4. The molecule has 0 radical (unpaired) electrons. The highest BCUT2D eigenvalue weighted by atomic mass is 19.4. The molecule has 4 nitrogen and oxygen atoms in total. The molecule has 0 aliphatic rings. The highest BCUT2D eigenvalue weighted by Crippen LogP contribution is 2.19. The number of nitrogens with two attached hydrogens (primary N) is 1. The lowest BCUT2D eigenvalue weighted by Crippen LogP contribution is -2.13. The van der Waals surface area contributed by atoms with Gasteiger partial charge in [0.15, 0.2) is 0 Å². The quantitative estimate of drug-likeness (QED) is 0.831. The van der Waals surface area contributed by atoms with Crippen molar-refractivity contribution < 1.29 is 17.9 Å². The van der Waals surface area contributed by atoms with Crippen LogP contribution < -0.4 is 10.5 Å². The zero-order valence-electron chi connectivity index (χ0n) is 7.79. The molecule has 0 saturated carbocycles. The van der Waals surface area contributed by atoms with Gasteiger partial charge in [0, 0.05) is 12.7 Å². The lowest BCUT2D eigenvalue weighted by Gasteiger charge is -2.07. The highest BCUT2D eigenvalue weighted by molar-refractivity contribution is 5.07. The predicted octanol–water partition coefficient (Wildman–Crippen LogP) is 1.27. The Morgan fingerprint density at radius 1 is 1.33 bits per heavy atom. The van der Waals surface area contributed by atoms with Crippen molar-refractivity contribution in [3.63, 3.8) is 0 Å². The standard InChI is InChI=1S/C8H10F3N3O/c9-8(10,11)1-2-15-7-5-13-4-6(3-12)14-7/h4-5H,1-3,12H2. The maximum absolute atomic E-state index is 11.8. The summed E-state index contributed by atoms with van der Waals surface area (Å²) in [5, 5.41) is 0. The monoisotopic (exact) mass is 221 g/mol. The predicted molar refractivity (Wildman–Crippen MR) is 46.1 cm³/mol. The Labute approximate surface area is 84.3 Å². The second-order valence-corrected chi connectivity index (χ2v) is 2.77. The van der Waals surface area contributed by atoms with Gasteiger partial charge in [-0.15, -0.1) is 0 Å². The van der Waals surface area contributed by atoms with E-state index in [0.717, 1.165) is 0 Å². The van der Waals surface area contributed by atoms with Gasteiger partial charge in [-0.25, -0.2) is 4.98 Å². The fraction of sp³-hybridized carbons (Fsp3) is 0.500. The summed E-state index contributed by atoms with van der Waals surface area (Å²) >= 11 is 0. The largest absolute Gasteiger partial charge is 0.476 e. The molecule has 0 bridgehead atoms. The lowest BCUT2D eigenvalue weighted by molar-refractivity contribution is -0.139. The number of halogens is 3. The fourth-order valence-electron chi connectivity index (χ4n) is 0.826. The summed E-state index contributed by atoms with van der Waals surface area (Å²) in [6, 6.07) is 0. The SMILES string of the molecule is NCc1cncc(OCCC(F)(F)F)n1. The Hall–Kier alpha value is -1.37. The summed E-state index contributed by atoms with van der Waals surface area (Å²) < 4.78 is 40.1. The Morgan fingerprint density at radius 3 is 2.67 bits per heavy atom. The van der Waals surface area contributed by atoms with Crippen LogP contribution in [-0.4, -0.2) is 22.8 Å². The average Bonchev–Trinajstić information content (AvgIpc) is 2.16. The van der Waals surface area contributed by atoms with E-state index in [4.69, 9.17) is 10.5 Å². The molecule has 0 aromatic carbocycles. The second kappa shape index (κ2) is 4.92. The number of alkyl halides is 3. The minimum atomic E-state index is -4.22. The van der Waals surface area contributed by atoms with Crippen molar-refractivity contribution in [2.75, 3.05) is 6.61 Å². The van der Waals surface area contributed by atoms with Crippen molar-refractivity contribution in [2.24, 2.45) is 5.73 Å². The van der Waals surface area contributed by atoms with Crippen LogP contribution >= 0.6 is 0 Å². The van der Waals surface area contributed by atoms with E-state index >= 15 is 0 Å². The zero-order valence-corrected chi connectivity index (χ0v) is 7.79. The topological polar surface area (TPSA) is 61.0 Å². The van der Waals surface area contributed by atoms with Crippen molar-refractivity contribution in [2.45, 2.75) is 19.1 Å². The highest BCUT2D eigenvalue weighted by Gasteiger charge is 2.26. The lowest BCUT2D eigenvalue weighted by atomic mass is 10.4. The summed E-state index contributed by atoms with van der Waals surface area (Å²) in [6.07, 6.45) is -2.56. The Balaban J connectivity index is 2.44. The van der Waals surface area contributed by atoms with Crippen LogP contribution in [0, 0.1) is 0 Å². The smallest absolute Gasteiger partial charge is 0.392 e. The molecule has 1 rings (SSSR count). The van der Waals surface area contributed by atoms with Gasteiger partial charge in [0.25, 0.3) is 0 Å². The van der Waals surface area contributed by atoms with Gasteiger partial charge in [-0.05, 0) is 0 Å². The number of ether oxygens (including phenoxy) is 1. The van der Waals surface area contributed by atoms with Crippen LogP contribution in [0.15, 0.2) is 12.4 Å². The van der Waals surface area contributed by atoms with Crippen LogP contribution in [0.2, 0.25) is 0 Å². The first-order valence-electron chi connectivity index (χ1n) is 4.22. The molecular weight excluding hydrogens is 211 g/mol. The van der Waals surface area contributed by atoms with E-state index < -0.39 is 19.2 Å². The molecule has 1 aromatic rings. The van der Waals surface area contributed by atoms with Crippen molar-refractivity contribution >= 4 is 0 Å². The van der Waals surface area contributed by atoms with Crippen LogP contribution in [0.25, 0.3) is 0 Å². The molecule has 2 N–H and O–H groups in total. The van der Waals surface area contributed by atoms with Crippen LogP contribution in [0.3, 0.4) is 0 Å². The molecule has 0 spiro atoms. The number of rotatable bonds is 4. The maximum Gasteiger partial charge on any atom is 0.392 e. The summed E-state index contributed by atoms with van der Waals surface area (Å²) in [4.78, 5) is 7.56. The fourth-order valence-corrected chi connectivity index (χ4v) is 0.826. The molecule has 0 aliphatic heterocycles. The zero-order chi connectivity index (χ0) is 11.3. The number of nitrogens with zero attached hydrogens (tertiary/aromatic N) is 2. The van der Waals surface area contributed by atoms with E-state index in [9.17, 15) is 13.2 Å². The summed E-state index contributed by atoms with van der Waals surface area (Å²) in [5.41, 5.74) is 5.75. The first-order valence-corrected chi connectivity index (χ1v) is 4.22. The van der Waals surface area contributed by atoms with Gasteiger partial charge in [0.1, 0.15) is 0 Å². The van der Waals surface area contributed by atoms with Crippen LogP contribution in [0.1, 0.15) is 12.1 Å². The Bertz CT molecular complexity index is 316. The normalized spacial score (nSPS) is 11.5. The van der Waals surface area contributed by atoms with Crippen molar-refractivity contribution in [1.29, 1.82) is 0 Å². The van der Waals surface area contributed by atoms with Gasteiger partial charge in [0.2, 0.25) is 5.88 Å². The number of aromatic nitrogens is 2. The first-order chi connectivity index (χ1) is 7.01. The van der Waals surface area contributed by atoms with Crippen LogP contribution in [0.5, 0.6) is 5.88 Å². The maximum atomic E-state index is 11.8. The van der Waals surface area contributed by atoms with E-state index in [1.54, 1.807) is 0 Å². The molecular formula is C8H10F3N3O. The third kappa shape index (κ3) is 4.59. The van der Waals surface area contributed by atoms with Crippen molar-refractivity contribution in [3.05, 3.63) is 18.1 Å². The molecule has 15 heavy (non-hydrogen) atoms. The molecule has 0 unspecified atom stereocenters. The van der Waals surface area contributed by atoms with Gasteiger partial charge in [-0.1, -0.05) is 0 Å². The third-order valence-corrected chi connectivity index (χ3v) is 1.51. The van der Waals surface area contributed by atoms with Crippen molar-refractivity contribution in [1.82, 2.24) is 9.97 Å². The summed E-state index contributed by atoms with van der Waals surface area (Å²) in [6.45, 7) is -0.296. The van der Waals surface area contributed by atoms with Gasteiger partial charge in [-0.3, -0.25) is 4.98 Å². The summed E-state index contributed by atoms with van der Waals surface area (Å²) in [7, 11) is 0. The average molecular weight is 221 g/mol. The molecule has 84 valence electrons. The first kappa shape index (κ1) is 11.7. The van der Waals surface area contributed by atoms with E-state index in [2.05, 4.69) is 9.97 Å². The van der Waals surface area contributed by atoms with Crippen LogP contribution in [0.4, 0.5) is 13.2 Å². The van der Waals surface area contributed by atoms with E-state index in [-0.39, 0.29) is 12.4 Å². The van der Waals surface area contributed by atoms with E-state index in [1.165, 1.54) is 12.4 Å². The minimum Gasteiger partial charge on any atom is -0.476 e. The summed E-state index contributed by atoms with van der Waals surface area (Å²) in [5.74, 6) is 0.0576. The van der Waals surface area contributed by atoms with Gasteiger partial charge < -0.3 is 10.5 Å². The molecule has 0 aliphatic carbocycles. The minimum absolute atomic E-state index is 0.0576. The molecule has 0 atom stereocenters. The molecule has 1 aromatic heterocycles. The molecule has 0 amide bonds. The Morgan fingerprint density at radius 2 is 2.07 bits per heavy atom. The third-order valence-electron chi connectivity index (χ3n) is 1.51. The van der Waals surface area contributed by atoms with Crippen molar-refractivity contribution in [3.8, 4) is 5.88 Å². The number of hydrogen-bond donors (Lipinski definition) is 1. The van der Waals surface area contributed by atoms with Gasteiger partial charge >= 0.3 is 6.18 Å². The molecule has 0 fully saturated rings. The molecule has 0 saturated heterocycles. The van der Waals surface area contributed by atoms with Crippen LogP contribution in [-0.2, 0) is 6.54 Å². The molecule has 1 heterocycles. The second-order valence-electron chi connectivity index (χ2n) is 2.77. The van der Waals surface area contributed by atoms with E-state index in [1.807, 2.05) is 0 Å². The van der Waals surface area contributed by atoms with Gasteiger partial charge in [-0.2, -0.15) is 13.2 Å².